The number of hydrogen-bond acceptors (Lipinski definition) is 3. The number of aliphatic hydroxyl groups is 1. The average Bonchev–Trinajstić information content (AvgIpc) is 2.89. The number of aliphatic carboxylic acids is 1. The van der Waals surface area contributed by atoms with Crippen LogP contribution in [0.25, 0.3) is 0 Å². The van der Waals surface area contributed by atoms with Gasteiger partial charge in [-0.15, -0.1) is 11.8 Å². The summed E-state index contributed by atoms with van der Waals surface area (Å²) in [4.78, 5) is 22.4. The molecule has 0 aliphatic heterocycles. The molecule has 24 heavy (non-hydrogen) atoms. The molecule has 2 N–H and O–H groups in total. The molecule has 0 fully saturated rings. The lowest BCUT2D eigenvalue weighted by Gasteiger charge is -2.13. The Kier molecular flexibility index (Phi) is 9.48. The van der Waals surface area contributed by atoms with Gasteiger partial charge in [0, 0.05) is 24.7 Å². The van der Waals surface area contributed by atoms with Gasteiger partial charge in [0.05, 0.1) is 6.10 Å². The number of carboxylic acid groups (broad SMARTS) is 1. The van der Waals surface area contributed by atoms with E-state index in [2.05, 4.69) is 11.8 Å². The van der Waals surface area contributed by atoms with Gasteiger partial charge in [0.25, 0.3) is 0 Å². The fourth-order valence-electron chi connectivity index (χ4n) is 2.55. The van der Waals surface area contributed by atoms with E-state index in [1.54, 1.807) is 19.1 Å². The number of hydrogen-bond donors (Lipinski definition) is 2. The average molecular weight is 330 g/mol. The summed E-state index contributed by atoms with van der Waals surface area (Å²) in [5.41, 5.74) is 0. The van der Waals surface area contributed by atoms with Crippen LogP contribution in [-0.2, 0) is 9.59 Å². The number of allylic oxidation sites excluding steroid dienone is 5. The third kappa shape index (κ3) is 7.94. The van der Waals surface area contributed by atoms with Crippen molar-refractivity contribution in [3.8, 4) is 11.8 Å². The van der Waals surface area contributed by atoms with E-state index in [0.29, 0.717) is 32.1 Å². The minimum absolute atomic E-state index is 0.00748. The highest BCUT2D eigenvalue weighted by molar-refractivity contribution is 5.95. The molecule has 4 heteroatoms. The standard InChI is InChI=1S/C20H26O4/c1-2-3-6-9-17(21)14-12-16-13-15-19(22)18(16)10-7-4-5-8-11-20(23)24/h4,7,12-18,21H,5-6,8-11H2,1H3,(H,23,24)/b7-4-,14-12+/t16-,17-,18+/m0/s1. The molecule has 0 aromatic heterocycles. The van der Waals surface area contributed by atoms with E-state index in [1.165, 1.54) is 0 Å². The quantitative estimate of drug-likeness (QED) is 0.366. The second-order valence-electron chi connectivity index (χ2n) is 5.86. The number of unbranched alkanes of at least 4 members (excludes halogenated alkanes) is 1. The maximum atomic E-state index is 11.9. The molecule has 0 amide bonds. The van der Waals surface area contributed by atoms with E-state index in [4.69, 9.17) is 5.11 Å². The van der Waals surface area contributed by atoms with Crippen molar-refractivity contribution in [1.82, 2.24) is 0 Å². The van der Waals surface area contributed by atoms with Crippen molar-refractivity contribution < 1.29 is 19.8 Å². The van der Waals surface area contributed by atoms with Gasteiger partial charge in [0.2, 0.25) is 0 Å². The van der Waals surface area contributed by atoms with Gasteiger partial charge in [-0.1, -0.05) is 30.4 Å². The molecule has 0 aromatic carbocycles. The molecule has 0 spiro atoms. The van der Waals surface area contributed by atoms with Gasteiger partial charge in [-0.2, -0.15) is 0 Å². The highest BCUT2D eigenvalue weighted by atomic mass is 16.4. The molecule has 3 atom stereocenters. The van der Waals surface area contributed by atoms with Crippen LogP contribution in [0.4, 0.5) is 0 Å². The molecule has 1 aliphatic rings. The van der Waals surface area contributed by atoms with Crippen LogP contribution in [0.15, 0.2) is 36.5 Å². The Morgan fingerprint density at radius 3 is 2.92 bits per heavy atom. The molecule has 0 radical (unpaired) electrons. The van der Waals surface area contributed by atoms with Gasteiger partial charge in [0.1, 0.15) is 0 Å². The maximum absolute atomic E-state index is 11.9. The van der Waals surface area contributed by atoms with Crippen molar-refractivity contribution in [3.63, 3.8) is 0 Å². The van der Waals surface area contributed by atoms with Crippen LogP contribution in [0.2, 0.25) is 0 Å². The topological polar surface area (TPSA) is 74.6 Å². The summed E-state index contributed by atoms with van der Waals surface area (Å²) in [6.45, 7) is 1.77. The third-order valence-electron chi connectivity index (χ3n) is 3.93. The molecule has 0 saturated carbocycles. The van der Waals surface area contributed by atoms with Gasteiger partial charge < -0.3 is 10.2 Å². The van der Waals surface area contributed by atoms with E-state index in [1.807, 2.05) is 24.3 Å². The number of carbonyl (C=O) groups is 2. The highest BCUT2D eigenvalue weighted by Crippen LogP contribution is 2.27. The molecule has 1 aliphatic carbocycles. The SMILES string of the molecule is CC#CCC[C@H](O)/C=C/[C@H]1C=CC(=O)[C@@H]1C/C=C\CCCC(=O)O. The first-order valence-electron chi connectivity index (χ1n) is 8.39. The lowest BCUT2D eigenvalue weighted by atomic mass is 9.90. The van der Waals surface area contributed by atoms with E-state index >= 15 is 0 Å². The first kappa shape index (κ1) is 19.9. The summed E-state index contributed by atoms with van der Waals surface area (Å²) >= 11 is 0. The second-order valence-corrected chi connectivity index (χ2v) is 5.86. The second kappa shape index (κ2) is 11.4. The summed E-state index contributed by atoms with van der Waals surface area (Å²) in [5.74, 6) is 4.91. The Bertz CT molecular complexity index is 560. The van der Waals surface area contributed by atoms with Gasteiger partial charge in [-0.05, 0) is 38.7 Å². The van der Waals surface area contributed by atoms with Crippen LogP contribution in [0.5, 0.6) is 0 Å². The summed E-state index contributed by atoms with van der Waals surface area (Å²) in [6.07, 6.45) is 13.8. The minimum Gasteiger partial charge on any atom is -0.481 e. The predicted molar refractivity (Wildman–Crippen MR) is 94.2 cm³/mol. The number of carbonyl (C=O) groups excluding carboxylic acids is 1. The van der Waals surface area contributed by atoms with Gasteiger partial charge >= 0.3 is 5.97 Å². The largest absolute Gasteiger partial charge is 0.481 e. The Hall–Kier alpha value is -2.12. The molecular formula is C20H26O4. The zero-order valence-electron chi connectivity index (χ0n) is 14.1. The smallest absolute Gasteiger partial charge is 0.303 e. The molecule has 4 nitrogen and oxygen atoms in total. The van der Waals surface area contributed by atoms with Gasteiger partial charge in [0.15, 0.2) is 5.78 Å². The monoisotopic (exact) mass is 330 g/mol. The van der Waals surface area contributed by atoms with Crippen LogP contribution < -0.4 is 0 Å². The van der Waals surface area contributed by atoms with Crippen molar-refractivity contribution in [1.29, 1.82) is 0 Å². The first-order valence-corrected chi connectivity index (χ1v) is 8.39. The summed E-state index contributed by atoms with van der Waals surface area (Å²) in [5, 5.41) is 18.5. The molecule has 0 aromatic rings. The van der Waals surface area contributed by atoms with E-state index < -0.39 is 12.1 Å². The lowest BCUT2D eigenvalue weighted by molar-refractivity contribution is -0.137. The molecule has 0 bridgehead atoms. The Morgan fingerprint density at radius 1 is 1.42 bits per heavy atom. The summed E-state index contributed by atoms with van der Waals surface area (Å²) in [6, 6.07) is 0. The first-order chi connectivity index (χ1) is 11.5. The summed E-state index contributed by atoms with van der Waals surface area (Å²) < 4.78 is 0. The molecule has 0 unspecified atom stereocenters. The number of carboxylic acids is 1. The van der Waals surface area contributed by atoms with Crippen molar-refractivity contribution >= 4 is 11.8 Å². The van der Waals surface area contributed by atoms with Crippen LogP contribution in [0.1, 0.15) is 45.4 Å². The van der Waals surface area contributed by atoms with Crippen molar-refractivity contribution in [3.05, 3.63) is 36.5 Å². The lowest BCUT2D eigenvalue weighted by Crippen LogP contribution is -2.14. The number of rotatable bonds is 10. The van der Waals surface area contributed by atoms with Crippen molar-refractivity contribution in [2.75, 3.05) is 0 Å². The van der Waals surface area contributed by atoms with E-state index in [9.17, 15) is 14.7 Å². The molecule has 0 heterocycles. The maximum Gasteiger partial charge on any atom is 0.303 e. The van der Waals surface area contributed by atoms with Crippen molar-refractivity contribution in [2.45, 2.75) is 51.6 Å². The third-order valence-corrected chi connectivity index (χ3v) is 3.93. The Morgan fingerprint density at radius 2 is 2.21 bits per heavy atom. The molecular weight excluding hydrogens is 304 g/mol. The molecule has 130 valence electrons. The Labute approximate surface area is 144 Å². The zero-order chi connectivity index (χ0) is 17.8. The minimum atomic E-state index is -0.785. The van der Waals surface area contributed by atoms with E-state index in [-0.39, 0.29) is 24.0 Å². The van der Waals surface area contributed by atoms with Gasteiger partial charge in [-0.3, -0.25) is 9.59 Å². The van der Waals surface area contributed by atoms with Crippen LogP contribution >= 0.6 is 0 Å². The fourth-order valence-corrected chi connectivity index (χ4v) is 2.55. The predicted octanol–water partition coefficient (Wildman–Crippen LogP) is 3.28. The van der Waals surface area contributed by atoms with Gasteiger partial charge in [-0.25, -0.2) is 0 Å². The normalized spacial score (nSPS) is 21.3. The van der Waals surface area contributed by atoms with Crippen LogP contribution in [-0.4, -0.2) is 28.1 Å². The molecule has 0 saturated heterocycles. The van der Waals surface area contributed by atoms with E-state index in [0.717, 1.165) is 0 Å². The fraction of sp³-hybridized carbons (Fsp3) is 0.500. The van der Waals surface area contributed by atoms with Crippen molar-refractivity contribution in [2.24, 2.45) is 11.8 Å². The highest BCUT2D eigenvalue weighted by Gasteiger charge is 2.27. The van der Waals surface area contributed by atoms with Crippen LogP contribution in [0.3, 0.4) is 0 Å². The summed E-state index contributed by atoms with van der Waals surface area (Å²) in [7, 11) is 0. The van der Waals surface area contributed by atoms with Crippen LogP contribution in [0, 0.1) is 23.7 Å². The number of aliphatic hydroxyl groups excluding tert-OH is 1. The molecule has 1 rings (SSSR count). The zero-order valence-corrected chi connectivity index (χ0v) is 14.1. The number of ketones is 1. The Balaban J connectivity index is 2.41.